The van der Waals surface area contributed by atoms with Gasteiger partial charge >= 0.3 is 0 Å². The summed E-state index contributed by atoms with van der Waals surface area (Å²) in [4.78, 5) is 18.5. The first-order valence-electron chi connectivity index (χ1n) is 7.80. The fourth-order valence-electron chi connectivity index (χ4n) is 2.94. The lowest BCUT2D eigenvalue weighted by atomic mass is 9.77. The summed E-state index contributed by atoms with van der Waals surface area (Å²) in [5, 5.41) is 0. The Bertz CT molecular complexity index is 505. The van der Waals surface area contributed by atoms with E-state index in [1.54, 1.807) is 6.20 Å². The van der Waals surface area contributed by atoms with Crippen LogP contribution in [0.25, 0.3) is 0 Å². The third-order valence-electron chi connectivity index (χ3n) is 4.25. The van der Waals surface area contributed by atoms with E-state index in [-0.39, 0.29) is 11.3 Å². The van der Waals surface area contributed by atoms with Gasteiger partial charge in [-0.25, -0.2) is 0 Å². The molecule has 0 radical (unpaired) electrons. The van der Waals surface area contributed by atoms with E-state index in [1.807, 2.05) is 23.1 Å². The fourth-order valence-corrected chi connectivity index (χ4v) is 2.94. The van der Waals surface area contributed by atoms with Crippen LogP contribution in [0.3, 0.4) is 0 Å². The molecule has 0 N–H and O–H groups in total. The first-order chi connectivity index (χ1) is 9.98. The van der Waals surface area contributed by atoms with Gasteiger partial charge in [0.05, 0.1) is 12.2 Å². The summed E-state index contributed by atoms with van der Waals surface area (Å²) in [6.07, 6.45) is 8.00. The lowest BCUT2D eigenvalue weighted by Gasteiger charge is -2.40. The van der Waals surface area contributed by atoms with Crippen molar-refractivity contribution in [3.63, 3.8) is 0 Å². The molecule has 2 heterocycles. The van der Waals surface area contributed by atoms with Crippen molar-refractivity contribution in [2.24, 2.45) is 5.41 Å². The molecule has 1 fully saturated rings. The largest absolute Gasteiger partial charge is 0.336 e. The first kappa shape index (κ1) is 15.7. The van der Waals surface area contributed by atoms with E-state index in [1.165, 1.54) is 5.57 Å². The summed E-state index contributed by atoms with van der Waals surface area (Å²) in [7, 11) is 0. The number of nitrogens with zero attached hydrogens (tertiary/aromatic N) is 2. The van der Waals surface area contributed by atoms with Crippen LogP contribution in [0.5, 0.6) is 0 Å². The number of allylic oxidation sites excluding steroid dienone is 2. The highest BCUT2D eigenvalue weighted by atomic mass is 16.2. The standard InChI is InChI=1S/C18H26N2O/c1-15(2)7-6-10-18(3)11-9-17(21)20(14-18)13-16-8-4-5-12-19-16/h4-5,7-8,12H,6,9-11,13-14H2,1-3H3/t18-/m0/s1. The van der Waals surface area contributed by atoms with Crippen molar-refractivity contribution >= 4 is 5.91 Å². The second kappa shape index (κ2) is 6.88. The zero-order valence-electron chi connectivity index (χ0n) is 13.4. The first-order valence-corrected chi connectivity index (χ1v) is 7.80. The van der Waals surface area contributed by atoms with Gasteiger partial charge in [0.15, 0.2) is 0 Å². The van der Waals surface area contributed by atoms with Crippen LogP contribution in [0.4, 0.5) is 0 Å². The van der Waals surface area contributed by atoms with Gasteiger partial charge in [-0.3, -0.25) is 9.78 Å². The summed E-state index contributed by atoms with van der Waals surface area (Å²) in [5.41, 5.74) is 2.57. The zero-order chi connectivity index (χ0) is 15.3. The molecular formula is C18H26N2O. The van der Waals surface area contributed by atoms with Crippen LogP contribution in [-0.4, -0.2) is 22.3 Å². The Labute approximate surface area is 128 Å². The monoisotopic (exact) mass is 286 g/mol. The fraction of sp³-hybridized carbons (Fsp3) is 0.556. The van der Waals surface area contributed by atoms with Gasteiger partial charge in [-0.15, -0.1) is 0 Å². The number of hydrogen-bond acceptors (Lipinski definition) is 2. The molecule has 0 bridgehead atoms. The third-order valence-corrected chi connectivity index (χ3v) is 4.25. The van der Waals surface area contributed by atoms with Crippen LogP contribution in [0.15, 0.2) is 36.0 Å². The molecule has 3 heteroatoms. The molecule has 1 saturated heterocycles. The molecule has 0 aliphatic carbocycles. The maximum atomic E-state index is 12.2. The van der Waals surface area contributed by atoms with E-state index < -0.39 is 0 Å². The normalized spacial score (nSPS) is 22.2. The molecule has 21 heavy (non-hydrogen) atoms. The van der Waals surface area contributed by atoms with Crippen LogP contribution < -0.4 is 0 Å². The minimum Gasteiger partial charge on any atom is -0.336 e. The number of hydrogen-bond donors (Lipinski definition) is 0. The van der Waals surface area contributed by atoms with Crippen molar-refractivity contribution in [1.29, 1.82) is 0 Å². The molecule has 1 aromatic rings. The Morgan fingerprint density at radius 2 is 2.24 bits per heavy atom. The summed E-state index contributed by atoms with van der Waals surface area (Å²) in [6, 6.07) is 5.87. The van der Waals surface area contributed by atoms with Gasteiger partial charge in [-0.2, -0.15) is 0 Å². The molecule has 1 aliphatic heterocycles. The predicted octanol–water partition coefficient (Wildman–Crippen LogP) is 3.96. The lowest BCUT2D eigenvalue weighted by Crippen LogP contribution is -2.44. The molecule has 1 aromatic heterocycles. The van der Waals surface area contributed by atoms with Gasteiger partial charge in [0.2, 0.25) is 5.91 Å². The van der Waals surface area contributed by atoms with Crippen molar-refractivity contribution < 1.29 is 4.79 Å². The maximum absolute atomic E-state index is 12.2. The van der Waals surface area contributed by atoms with Crippen molar-refractivity contribution in [3.8, 4) is 0 Å². The highest BCUT2D eigenvalue weighted by molar-refractivity contribution is 5.77. The minimum absolute atomic E-state index is 0.231. The SMILES string of the molecule is CC(C)=CCC[C@@]1(C)CCC(=O)N(Cc2ccccn2)C1. The quantitative estimate of drug-likeness (QED) is 0.768. The highest BCUT2D eigenvalue weighted by Gasteiger charge is 2.34. The van der Waals surface area contributed by atoms with E-state index >= 15 is 0 Å². The van der Waals surface area contributed by atoms with E-state index in [2.05, 4.69) is 31.8 Å². The molecule has 114 valence electrons. The number of likely N-dealkylation sites (tertiary alicyclic amines) is 1. The van der Waals surface area contributed by atoms with Gasteiger partial charge in [0, 0.05) is 19.2 Å². The predicted molar refractivity (Wildman–Crippen MR) is 85.7 cm³/mol. The third kappa shape index (κ3) is 4.69. The van der Waals surface area contributed by atoms with Gasteiger partial charge in [0.1, 0.15) is 0 Å². The molecule has 2 rings (SSSR count). The Kier molecular flexibility index (Phi) is 5.16. The van der Waals surface area contributed by atoms with E-state index in [9.17, 15) is 4.79 Å². The van der Waals surface area contributed by atoms with Gasteiger partial charge < -0.3 is 4.90 Å². The van der Waals surface area contributed by atoms with Crippen LogP contribution >= 0.6 is 0 Å². The highest BCUT2D eigenvalue weighted by Crippen LogP contribution is 2.35. The molecule has 1 aliphatic rings. The molecule has 0 unspecified atom stereocenters. The van der Waals surface area contributed by atoms with Gasteiger partial charge in [-0.1, -0.05) is 24.6 Å². The summed E-state index contributed by atoms with van der Waals surface area (Å²) < 4.78 is 0. The number of carbonyl (C=O) groups is 1. The molecule has 0 aromatic carbocycles. The van der Waals surface area contributed by atoms with Gasteiger partial charge in [-0.05, 0) is 50.7 Å². The van der Waals surface area contributed by atoms with Crippen LogP contribution in [0, 0.1) is 5.41 Å². The Morgan fingerprint density at radius 1 is 1.43 bits per heavy atom. The summed E-state index contributed by atoms with van der Waals surface area (Å²) >= 11 is 0. The number of piperidine rings is 1. The average Bonchev–Trinajstić information content (AvgIpc) is 2.44. The zero-order valence-corrected chi connectivity index (χ0v) is 13.4. The number of pyridine rings is 1. The van der Waals surface area contributed by atoms with E-state index in [4.69, 9.17) is 0 Å². The molecule has 1 atom stereocenters. The lowest BCUT2D eigenvalue weighted by molar-refractivity contribution is -0.138. The summed E-state index contributed by atoms with van der Waals surface area (Å²) in [6.45, 7) is 8.07. The van der Waals surface area contributed by atoms with Crippen LogP contribution in [0.1, 0.15) is 52.1 Å². The number of carbonyl (C=O) groups excluding carboxylic acids is 1. The van der Waals surface area contributed by atoms with Crippen LogP contribution in [-0.2, 0) is 11.3 Å². The number of amides is 1. The Hall–Kier alpha value is -1.64. The molecule has 3 nitrogen and oxygen atoms in total. The smallest absolute Gasteiger partial charge is 0.222 e. The molecular weight excluding hydrogens is 260 g/mol. The molecule has 0 saturated carbocycles. The maximum Gasteiger partial charge on any atom is 0.222 e. The molecule has 0 spiro atoms. The summed E-state index contributed by atoms with van der Waals surface area (Å²) in [5.74, 6) is 0.264. The Balaban J connectivity index is 1.98. The van der Waals surface area contributed by atoms with Crippen LogP contribution in [0.2, 0.25) is 0 Å². The van der Waals surface area contributed by atoms with Crippen molar-refractivity contribution in [1.82, 2.24) is 9.88 Å². The van der Waals surface area contributed by atoms with Gasteiger partial charge in [0.25, 0.3) is 0 Å². The van der Waals surface area contributed by atoms with Crippen molar-refractivity contribution in [3.05, 3.63) is 41.7 Å². The second-order valence-corrected chi connectivity index (χ2v) is 6.70. The minimum atomic E-state index is 0.231. The Morgan fingerprint density at radius 3 is 2.90 bits per heavy atom. The topological polar surface area (TPSA) is 33.2 Å². The second-order valence-electron chi connectivity index (χ2n) is 6.70. The van der Waals surface area contributed by atoms with E-state index in [0.29, 0.717) is 13.0 Å². The van der Waals surface area contributed by atoms with Crippen molar-refractivity contribution in [2.45, 2.75) is 53.0 Å². The van der Waals surface area contributed by atoms with Crippen molar-refractivity contribution in [2.75, 3.05) is 6.54 Å². The molecule has 1 amide bonds. The van der Waals surface area contributed by atoms with E-state index in [0.717, 1.165) is 31.5 Å². The number of aromatic nitrogens is 1. The average molecular weight is 286 g/mol. The number of rotatable bonds is 5.